The van der Waals surface area contributed by atoms with Gasteiger partial charge in [0.15, 0.2) is 11.4 Å². The van der Waals surface area contributed by atoms with Crippen LogP contribution in [0.5, 0.6) is 0 Å². The number of benzene rings is 4. The van der Waals surface area contributed by atoms with E-state index in [4.69, 9.17) is 23.2 Å². The zero-order valence-corrected chi connectivity index (χ0v) is 19.0. The average molecular weight is 476 g/mol. The summed E-state index contributed by atoms with van der Waals surface area (Å²) < 4.78 is 0. The van der Waals surface area contributed by atoms with Crippen LogP contribution in [0.4, 0.5) is 5.69 Å². The van der Waals surface area contributed by atoms with E-state index in [-0.39, 0.29) is 18.7 Å². The van der Waals surface area contributed by atoms with Gasteiger partial charge in [-0.1, -0.05) is 77.8 Å². The molecule has 0 bridgehead atoms. The molecule has 0 saturated carbocycles. The summed E-state index contributed by atoms with van der Waals surface area (Å²) in [5.41, 5.74) is 0.170. The van der Waals surface area contributed by atoms with E-state index in [1.807, 2.05) is 42.5 Å². The maximum absolute atomic E-state index is 13.6. The topological polar surface area (TPSA) is 57.6 Å². The number of hydrogen-bond acceptors (Lipinski definition) is 3. The number of rotatable bonds is 5. The highest BCUT2D eigenvalue weighted by Crippen LogP contribution is 2.45. The molecule has 0 aliphatic carbocycles. The Morgan fingerprint density at radius 1 is 0.879 bits per heavy atom. The highest BCUT2D eigenvalue weighted by Gasteiger charge is 2.51. The Morgan fingerprint density at radius 2 is 1.58 bits per heavy atom. The van der Waals surface area contributed by atoms with Crippen LogP contribution in [0.2, 0.25) is 10.0 Å². The second-order valence-corrected chi connectivity index (χ2v) is 9.04. The molecule has 0 aromatic heterocycles. The van der Waals surface area contributed by atoms with Crippen LogP contribution < -0.4 is 4.90 Å². The van der Waals surface area contributed by atoms with Crippen molar-refractivity contribution < 1.29 is 14.7 Å². The minimum Gasteiger partial charge on any atom is -0.375 e. The van der Waals surface area contributed by atoms with E-state index in [1.54, 1.807) is 42.5 Å². The van der Waals surface area contributed by atoms with Crippen molar-refractivity contribution in [2.75, 3.05) is 4.90 Å². The van der Waals surface area contributed by atoms with Crippen LogP contribution in [-0.2, 0) is 16.9 Å². The van der Waals surface area contributed by atoms with Crippen molar-refractivity contribution >= 4 is 51.4 Å². The van der Waals surface area contributed by atoms with Crippen molar-refractivity contribution in [3.63, 3.8) is 0 Å². The van der Waals surface area contributed by atoms with Crippen LogP contribution in [0.25, 0.3) is 10.8 Å². The summed E-state index contributed by atoms with van der Waals surface area (Å²) in [4.78, 5) is 28.4. The quantitative estimate of drug-likeness (QED) is 0.352. The molecule has 1 aliphatic rings. The first-order valence-corrected chi connectivity index (χ1v) is 11.2. The molecule has 0 radical (unpaired) electrons. The van der Waals surface area contributed by atoms with Gasteiger partial charge >= 0.3 is 0 Å². The number of Topliss-reactive ketones (excluding diaryl/α,β-unsaturated/α-hetero) is 1. The lowest BCUT2D eigenvalue weighted by Gasteiger charge is -2.23. The third kappa shape index (κ3) is 3.80. The fourth-order valence-corrected chi connectivity index (χ4v) is 4.72. The molecule has 5 rings (SSSR count). The SMILES string of the molecule is O=C(C[C@]1(O)C(=O)N(Cc2ccc(Cl)cc2)c2ccc(Cl)cc21)c1cccc2ccccc12. The largest absolute Gasteiger partial charge is 0.375 e. The monoisotopic (exact) mass is 475 g/mol. The fraction of sp³-hybridized carbons (Fsp3) is 0.111. The Kier molecular flexibility index (Phi) is 5.45. The number of anilines is 1. The number of aliphatic hydroxyl groups is 1. The Hall–Kier alpha value is -3.18. The van der Waals surface area contributed by atoms with Crippen molar-refractivity contribution in [2.45, 2.75) is 18.6 Å². The molecular weight excluding hydrogens is 457 g/mol. The number of ketones is 1. The van der Waals surface area contributed by atoms with Gasteiger partial charge in [-0.2, -0.15) is 0 Å². The Balaban J connectivity index is 1.53. The molecule has 6 heteroatoms. The first-order chi connectivity index (χ1) is 15.9. The molecular formula is C27H19Cl2NO3. The normalized spacial score (nSPS) is 17.4. The van der Waals surface area contributed by atoms with Gasteiger partial charge in [0.05, 0.1) is 18.7 Å². The van der Waals surface area contributed by atoms with Crippen LogP contribution >= 0.6 is 23.2 Å². The van der Waals surface area contributed by atoms with Gasteiger partial charge in [0.25, 0.3) is 5.91 Å². The minimum absolute atomic E-state index is 0.232. The summed E-state index contributed by atoms with van der Waals surface area (Å²) in [6.07, 6.45) is -0.385. The molecule has 0 saturated heterocycles. The lowest BCUT2D eigenvalue weighted by atomic mass is 9.87. The number of halogens is 2. The maximum atomic E-state index is 13.6. The first kappa shape index (κ1) is 21.7. The van der Waals surface area contributed by atoms with Gasteiger partial charge < -0.3 is 10.0 Å². The van der Waals surface area contributed by atoms with Crippen LogP contribution in [0.1, 0.15) is 27.9 Å². The predicted molar refractivity (Wildman–Crippen MR) is 131 cm³/mol. The molecule has 33 heavy (non-hydrogen) atoms. The van der Waals surface area contributed by atoms with Crippen molar-refractivity contribution in [2.24, 2.45) is 0 Å². The second kappa shape index (κ2) is 8.31. The van der Waals surface area contributed by atoms with Crippen LogP contribution in [0, 0.1) is 0 Å². The highest BCUT2D eigenvalue weighted by atomic mass is 35.5. The average Bonchev–Trinajstić information content (AvgIpc) is 3.01. The van der Waals surface area contributed by atoms with E-state index in [0.717, 1.165) is 16.3 Å². The van der Waals surface area contributed by atoms with E-state index in [9.17, 15) is 14.7 Å². The number of hydrogen-bond donors (Lipinski definition) is 1. The zero-order valence-electron chi connectivity index (χ0n) is 17.5. The highest BCUT2D eigenvalue weighted by molar-refractivity contribution is 6.31. The smallest absolute Gasteiger partial charge is 0.264 e. The molecule has 1 atom stereocenters. The summed E-state index contributed by atoms with van der Waals surface area (Å²) in [6.45, 7) is 0.232. The molecule has 0 fully saturated rings. The summed E-state index contributed by atoms with van der Waals surface area (Å²) in [7, 11) is 0. The lowest BCUT2D eigenvalue weighted by molar-refractivity contribution is -0.136. The van der Waals surface area contributed by atoms with E-state index in [0.29, 0.717) is 26.9 Å². The van der Waals surface area contributed by atoms with Crippen LogP contribution in [0.15, 0.2) is 84.9 Å². The summed E-state index contributed by atoms with van der Waals surface area (Å²) in [5.74, 6) is -0.870. The molecule has 1 heterocycles. The van der Waals surface area contributed by atoms with Gasteiger partial charge in [-0.3, -0.25) is 9.59 Å². The maximum Gasteiger partial charge on any atom is 0.264 e. The minimum atomic E-state index is -2.01. The van der Waals surface area contributed by atoms with Gasteiger partial charge in [0.2, 0.25) is 0 Å². The molecule has 0 spiro atoms. The zero-order chi connectivity index (χ0) is 23.2. The van der Waals surface area contributed by atoms with Crippen molar-refractivity contribution in [1.82, 2.24) is 0 Å². The summed E-state index contributed by atoms with van der Waals surface area (Å²) in [5, 5.41) is 14.3. The van der Waals surface area contributed by atoms with E-state index in [1.165, 1.54) is 4.90 Å². The third-order valence-corrected chi connectivity index (χ3v) is 6.54. The van der Waals surface area contributed by atoms with Crippen molar-refractivity contribution in [3.8, 4) is 0 Å². The molecule has 1 N–H and O–H groups in total. The fourth-order valence-electron chi connectivity index (χ4n) is 4.42. The molecule has 1 amide bonds. The Bertz CT molecular complexity index is 1400. The van der Waals surface area contributed by atoms with E-state index in [2.05, 4.69) is 0 Å². The van der Waals surface area contributed by atoms with Gasteiger partial charge in [-0.15, -0.1) is 0 Å². The van der Waals surface area contributed by atoms with Gasteiger partial charge in [0, 0.05) is 21.2 Å². The third-order valence-electron chi connectivity index (χ3n) is 6.05. The molecule has 4 aromatic carbocycles. The second-order valence-electron chi connectivity index (χ2n) is 8.17. The van der Waals surface area contributed by atoms with Gasteiger partial charge in [-0.05, 0) is 46.7 Å². The van der Waals surface area contributed by atoms with Gasteiger partial charge in [-0.25, -0.2) is 0 Å². The number of carbonyl (C=O) groups is 2. The van der Waals surface area contributed by atoms with E-state index < -0.39 is 11.5 Å². The molecule has 4 nitrogen and oxygen atoms in total. The number of nitrogens with zero attached hydrogens (tertiary/aromatic N) is 1. The van der Waals surface area contributed by atoms with Crippen LogP contribution in [-0.4, -0.2) is 16.8 Å². The number of carbonyl (C=O) groups excluding carboxylic acids is 2. The van der Waals surface area contributed by atoms with Crippen molar-refractivity contribution in [1.29, 1.82) is 0 Å². The number of amides is 1. The Labute approximate surface area is 201 Å². The summed E-state index contributed by atoms with van der Waals surface area (Å²) >= 11 is 12.2. The molecule has 1 aliphatic heterocycles. The molecule has 0 unspecified atom stereocenters. The number of fused-ring (bicyclic) bond motifs is 2. The first-order valence-electron chi connectivity index (χ1n) is 10.5. The van der Waals surface area contributed by atoms with E-state index >= 15 is 0 Å². The standard InChI is InChI=1S/C27H19Cl2NO3/c28-19-10-8-17(9-11-19)16-30-24-13-12-20(29)14-23(24)27(33,26(30)32)15-25(31)22-7-3-5-18-4-1-2-6-21(18)22/h1-14,33H,15-16H2/t27-/m1/s1. The predicted octanol–water partition coefficient (Wildman–Crippen LogP) is 6.15. The summed E-state index contributed by atoms with van der Waals surface area (Å²) in [6, 6.07) is 25.1. The van der Waals surface area contributed by atoms with Crippen molar-refractivity contribution in [3.05, 3.63) is 112 Å². The lowest BCUT2D eigenvalue weighted by Crippen LogP contribution is -2.41. The molecule has 4 aromatic rings. The molecule has 164 valence electrons. The Morgan fingerprint density at radius 3 is 2.36 bits per heavy atom. The van der Waals surface area contributed by atoms with Crippen LogP contribution in [0.3, 0.4) is 0 Å². The van der Waals surface area contributed by atoms with Gasteiger partial charge in [0.1, 0.15) is 0 Å².